The molecule has 0 amide bonds. The van der Waals surface area contributed by atoms with Crippen LogP contribution in [0.4, 0.5) is 4.39 Å². The first-order valence-electron chi connectivity index (χ1n) is 7.97. The van der Waals surface area contributed by atoms with Crippen molar-refractivity contribution in [3.8, 4) is 0 Å². The van der Waals surface area contributed by atoms with Crippen LogP contribution in [0.1, 0.15) is 30.0 Å². The number of H-pyrrole nitrogens is 1. The molecular weight excluding hydrogens is 309 g/mol. The van der Waals surface area contributed by atoms with Crippen LogP contribution in [0, 0.1) is 12.7 Å². The van der Waals surface area contributed by atoms with E-state index in [-0.39, 0.29) is 11.9 Å². The second-order valence-corrected chi connectivity index (χ2v) is 5.90. The van der Waals surface area contributed by atoms with Crippen molar-refractivity contribution in [2.75, 3.05) is 13.7 Å². The third kappa shape index (κ3) is 3.32. The Kier molecular flexibility index (Phi) is 4.92. The molecule has 3 aromatic rings. The van der Waals surface area contributed by atoms with Gasteiger partial charge in [0.05, 0.1) is 12.6 Å². The molecule has 1 unspecified atom stereocenters. The number of ether oxygens (including phenoxy) is 1. The molecule has 0 bridgehead atoms. The van der Waals surface area contributed by atoms with Crippen LogP contribution >= 0.6 is 0 Å². The van der Waals surface area contributed by atoms with Crippen LogP contribution in [-0.2, 0) is 17.8 Å². The van der Waals surface area contributed by atoms with E-state index < -0.39 is 0 Å². The molecule has 0 saturated carbocycles. The number of aromatic amines is 1. The summed E-state index contributed by atoms with van der Waals surface area (Å²) in [6, 6.07) is 4.84. The monoisotopic (exact) mass is 331 g/mol. The molecule has 3 rings (SSSR count). The van der Waals surface area contributed by atoms with E-state index in [1.807, 2.05) is 18.4 Å². The van der Waals surface area contributed by atoms with Crippen molar-refractivity contribution < 1.29 is 9.13 Å². The minimum Gasteiger partial charge on any atom is -0.383 e. The summed E-state index contributed by atoms with van der Waals surface area (Å²) in [5.74, 6) is 0.649. The number of methoxy groups -OCH3 is 1. The Morgan fingerprint density at radius 3 is 3.04 bits per heavy atom. The molecule has 0 spiro atoms. The molecule has 1 aromatic carbocycles. The lowest BCUT2D eigenvalue weighted by molar-refractivity contribution is 0.185. The third-order valence-corrected chi connectivity index (χ3v) is 4.28. The van der Waals surface area contributed by atoms with Crippen molar-refractivity contribution in [3.05, 3.63) is 47.4 Å². The van der Waals surface area contributed by atoms with Crippen molar-refractivity contribution in [2.45, 2.75) is 33.0 Å². The minimum absolute atomic E-state index is 0.0342. The average molecular weight is 331 g/mol. The third-order valence-electron chi connectivity index (χ3n) is 4.28. The van der Waals surface area contributed by atoms with E-state index in [1.54, 1.807) is 25.6 Å². The maximum absolute atomic E-state index is 13.4. The Labute approximate surface area is 140 Å². The zero-order valence-electron chi connectivity index (χ0n) is 14.1. The number of fused-ring (bicyclic) bond motifs is 1. The van der Waals surface area contributed by atoms with Gasteiger partial charge in [-0.3, -0.25) is 0 Å². The van der Waals surface area contributed by atoms with Crippen molar-refractivity contribution >= 4 is 10.9 Å². The Morgan fingerprint density at radius 2 is 2.25 bits per heavy atom. The second-order valence-electron chi connectivity index (χ2n) is 5.90. The van der Waals surface area contributed by atoms with Gasteiger partial charge in [0.1, 0.15) is 18.0 Å². The fraction of sp³-hybridized carbons (Fsp3) is 0.412. The molecule has 0 aliphatic carbocycles. The van der Waals surface area contributed by atoms with E-state index >= 15 is 0 Å². The minimum atomic E-state index is -0.219. The predicted octanol–water partition coefficient (Wildman–Crippen LogP) is 2.70. The predicted molar refractivity (Wildman–Crippen MR) is 90.1 cm³/mol. The molecule has 0 fully saturated rings. The van der Waals surface area contributed by atoms with Crippen LogP contribution in [0.2, 0.25) is 0 Å². The lowest BCUT2D eigenvalue weighted by Crippen LogP contribution is -2.23. The number of halogens is 1. The van der Waals surface area contributed by atoms with Crippen molar-refractivity contribution in [3.63, 3.8) is 0 Å². The normalized spacial score (nSPS) is 12.8. The highest BCUT2D eigenvalue weighted by Crippen LogP contribution is 2.23. The summed E-state index contributed by atoms with van der Waals surface area (Å²) < 4.78 is 20.5. The summed E-state index contributed by atoms with van der Waals surface area (Å²) >= 11 is 0. The number of hydrogen-bond donors (Lipinski definition) is 2. The summed E-state index contributed by atoms with van der Waals surface area (Å²) in [6.45, 7) is 6.02. The average Bonchev–Trinajstić information content (AvgIpc) is 3.16. The number of hydrogen-bond acceptors (Lipinski definition) is 4. The highest BCUT2D eigenvalue weighted by atomic mass is 19.1. The van der Waals surface area contributed by atoms with Gasteiger partial charge in [0.25, 0.3) is 0 Å². The summed E-state index contributed by atoms with van der Waals surface area (Å²) in [7, 11) is 1.67. The molecule has 2 N–H and O–H groups in total. The summed E-state index contributed by atoms with van der Waals surface area (Å²) in [4.78, 5) is 3.35. The van der Waals surface area contributed by atoms with Gasteiger partial charge in [0, 0.05) is 36.8 Å². The molecule has 2 aromatic heterocycles. The fourth-order valence-corrected chi connectivity index (χ4v) is 2.84. The molecule has 2 heterocycles. The van der Waals surface area contributed by atoms with Crippen molar-refractivity contribution in [1.29, 1.82) is 0 Å². The molecule has 0 radical (unpaired) electrons. The van der Waals surface area contributed by atoms with Gasteiger partial charge in [-0.05, 0) is 37.6 Å². The first kappa shape index (κ1) is 16.6. The van der Waals surface area contributed by atoms with Gasteiger partial charge in [0.15, 0.2) is 0 Å². The van der Waals surface area contributed by atoms with Gasteiger partial charge < -0.3 is 19.6 Å². The first-order chi connectivity index (χ1) is 11.6. The lowest BCUT2D eigenvalue weighted by atomic mass is 10.1. The van der Waals surface area contributed by atoms with Crippen LogP contribution in [-0.4, -0.2) is 33.5 Å². The zero-order chi connectivity index (χ0) is 17.1. The molecule has 7 heteroatoms. The van der Waals surface area contributed by atoms with Crippen LogP contribution < -0.4 is 5.32 Å². The Morgan fingerprint density at radius 1 is 1.42 bits per heavy atom. The summed E-state index contributed by atoms with van der Waals surface area (Å²) in [5.41, 5.74) is 3.05. The number of benzene rings is 1. The molecule has 0 aliphatic rings. The number of aromatic nitrogens is 4. The second kappa shape index (κ2) is 7.11. The van der Waals surface area contributed by atoms with E-state index in [0.29, 0.717) is 13.2 Å². The molecular formula is C17H22FN5O. The van der Waals surface area contributed by atoms with Crippen molar-refractivity contribution in [1.82, 2.24) is 25.1 Å². The molecule has 1 atom stereocenters. The Hall–Kier alpha value is -2.25. The van der Waals surface area contributed by atoms with Gasteiger partial charge in [-0.15, -0.1) is 10.2 Å². The quantitative estimate of drug-likeness (QED) is 0.698. The molecule has 0 saturated heterocycles. The number of nitrogens with one attached hydrogen (secondary N) is 2. The maximum atomic E-state index is 13.4. The van der Waals surface area contributed by atoms with Crippen molar-refractivity contribution in [2.24, 2.45) is 0 Å². The summed E-state index contributed by atoms with van der Waals surface area (Å²) in [5, 5.41) is 12.5. The Bertz CT molecular complexity index is 826. The standard InChI is InChI=1S/C17H22FN5O/c1-11-14-8-13(18)4-5-15(14)21-16(11)9-19-12(2)17-22-20-10-23(17)6-7-24-3/h4-5,8,10,12,19,21H,6-7,9H2,1-3H3. The number of aryl methyl sites for hydroxylation is 1. The first-order valence-corrected chi connectivity index (χ1v) is 7.97. The number of rotatable bonds is 7. The molecule has 0 aliphatic heterocycles. The van der Waals surface area contributed by atoms with Gasteiger partial charge in [-0.1, -0.05) is 0 Å². The van der Waals surface area contributed by atoms with Gasteiger partial charge in [-0.25, -0.2) is 4.39 Å². The highest BCUT2D eigenvalue weighted by molar-refractivity contribution is 5.84. The van der Waals surface area contributed by atoms with E-state index in [0.717, 1.165) is 34.5 Å². The smallest absolute Gasteiger partial charge is 0.149 e. The van der Waals surface area contributed by atoms with Gasteiger partial charge in [-0.2, -0.15) is 0 Å². The van der Waals surface area contributed by atoms with Gasteiger partial charge in [0.2, 0.25) is 0 Å². The van der Waals surface area contributed by atoms with Crippen LogP contribution in [0.25, 0.3) is 10.9 Å². The van der Waals surface area contributed by atoms with Crippen LogP contribution in [0.15, 0.2) is 24.5 Å². The maximum Gasteiger partial charge on any atom is 0.149 e. The van der Waals surface area contributed by atoms with E-state index in [4.69, 9.17) is 4.74 Å². The molecule has 128 valence electrons. The number of nitrogens with zero attached hydrogens (tertiary/aromatic N) is 3. The van der Waals surface area contributed by atoms with E-state index in [9.17, 15) is 4.39 Å². The Balaban J connectivity index is 1.71. The van der Waals surface area contributed by atoms with E-state index in [2.05, 4.69) is 20.5 Å². The largest absolute Gasteiger partial charge is 0.383 e. The molecule has 6 nitrogen and oxygen atoms in total. The topological polar surface area (TPSA) is 67.8 Å². The van der Waals surface area contributed by atoms with Crippen LogP contribution in [0.3, 0.4) is 0 Å². The lowest BCUT2D eigenvalue weighted by Gasteiger charge is -2.14. The summed E-state index contributed by atoms with van der Waals surface area (Å²) in [6.07, 6.45) is 1.71. The van der Waals surface area contributed by atoms with E-state index in [1.165, 1.54) is 6.07 Å². The zero-order valence-corrected chi connectivity index (χ0v) is 14.1. The fourth-order valence-electron chi connectivity index (χ4n) is 2.84. The highest BCUT2D eigenvalue weighted by Gasteiger charge is 2.14. The molecule has 24 heavy (non-hydrogen) atoms. The van der Waals surface area contributed by atoms with Gasteiger partial charge >= 0.3 is 0 Å². The van der Waals surface area contributed by atoms with Crippen LogP contribution in [0.5, 0.6) is 0 Å². The SMILES string of the molecule is COCCn1cnnc1C(C)NCc1[nH]c2ccc(F)cc2c1C.